The minimum atomic E-state index is -0.559. The van der Waals surface area contributed by atoms with Gasteiger partial charge in [-0.15, -0.1) is 0 Å². The minimum absolute atomic E-state index is 0.100. The highest BCUT2D eigenvalue weighted by molar-refractivity contribution is 6.25. The van der Waals surface area contributed by atoms with Gasteiger partial charge in [0.15, 0.2) is 11.9 Å². The van der Waals surface area contributed by atoms with E-state index >= 15 is 0 Å². The van der Waals surface area contributed by atoms with Crippen LogP contribution in [0.15, 0.2) is 66.2 Å². The Bertz CT molecular complexity index is 915. The largest absolute Gasteiger partial charge is 0.449 e. The fourth-order valence-corrected chi connectivity index (χ4v) is 4.53. The van der Waals surface area contributed by atoms with Crippen LogP contribution in [0.2, 0.25) is 0 Å². The third-order valence-corrected chi connectivity index (χ3v) is 5.07. The van der Waals surface area contributed by atoms with Gasteiger partial charge in [-0.1, -0.05) is 95.3 Å². The molecule has 0 amide bonds. The number of carbonyl (C=O) groups excluding carboxylic acids is 2. The summed E-state index contributed by atoms with van der Waals surface area (Å²) in [5.74, 6) is -0.657. The Labute approximate surface area is 173 Å². The molecule has 152 valence electrons. The van der Waals surface area contributed by atoms with Crippen LogP contribution in [0, 0.1) is 10.8 Å². The van der Waals surface area contributed by atoms with Crippen molar-refractivity contribution in [1.29, 1.82) is 0 Å². The molecule has 3 heteroatoms. The molecule has 0 bridgehead atoms. The number of hydrogen-bond donors (Lipinski definition) is 0. The molecular formula is C26H30O3. The highest BCUT2D eigenvalue weighted by atomic mass is 16.5. The third-order valence-electron chi connectivity index (χ3n) is 5.07. The predicted molar refractivity (Wildman–Crippen MR) is 116 cm³/mol. The molecule has 0 aromatic heterocycles. The average molecular weight is 391 g/mol. The lowest BCUT2D eigenvalue weighted by Gasteiger charge is -2.32. The van der Waals surface area contributed by atoms with E-state index in [4.69, 9.17) is 4.74 Å². The first-order chi connectivity index (χ1) is 13.6. The van der Waals surface area contributed by atoms with Gasteiger partial charge in [0.05, 0.1) is 0 Å². The fraction of sp³-hybridized carbons (Fsp3) is 0.385. The quantitative estimate of drug-likeness (QED) is 0.438. The summed E-state index contributed by atoms with van der Waals surface area (Å²) < 4.78 is 5.73. The first-order valence-electron chi connectivity index (χ1n) is 10.2. The van der Waals surface area contributed by atoms with E-state index < -0.39 is 12.1 Å². The standard InChI is InChI=1S/C26H30O3/c1-25(2,3)17-26(4,5)16-20(27)22-21(18-12-8-6-9-13-18)23(29-24(22)28)19-14-10-7-11-15-19/h6-15,23H,16-17H2,1-5H3. The van der Waals surface area contributed by atoms with Gasteiger partial charge in [-0.3, -0.25) is 4.79 Å². The Morgan fingerprint density at radius 2 is 1.45 bits per heavy atom. The number of hydrogen-bond acceptors (Lipinski definition) is 3. The number of esters is 1. The van der Waals surface area contributed by atoms with Gasteiger partial charge in [0, 0.05) is 12.0 Å². The van der Waals surface area contributed by atoms with E-state index in [-0.39, 0.29) is 22.2 Å². The van der Waals surface area contributed by atoms with E-state index in [2.05, 4.69) is 34.6 Å². The highest BCUT2D eigenvalue weighted by Gasteiger charge is 2.41. The average Bonchev–Trinajstić information content (AvgIpc) is 2.98. The van der Waals surface area contributed by atoms with E-state index in [1.807, 2.05) is 60.7 Å². The summed E-state index contributed by atoms with van der Waals surface area (Å²) in [5, 5.41) is 0. The molecule has 0 spiro atoms. The lowest BCUT2D eigenvalue weighted by Crippen LogP contribution is -2.25. The second kappa shape index (κ2) is 7.98. The molecule has 0 N–H and O–H groups in total. The monoisotopic (exact) mass is 390 g/mol. The molecule has 3 rings (SSSR count). The van der Waals surface area contributed by atoms with E-state index in [9.17, 15) is 9.59 Å². The molecule has 1 unspecified atom stereocenters. The topological polar surface area (TPSA) is 43.4 Å². The van der Waals surface area contributed by atoms with E-state index in [1.165, 1.54) is 0 Å². The Morgan fingerprint density at radius 3 is 2.00 bits per heavy atom. The van der Waals surface area contributed by atoms with Crippen molar-refractivity contribution < 1.29 is 14.3 Å². The normalized spacial score (nSPS) is 17.4. The molecule has 0 aliphatic carbocycles. The van der Waals surface area contributed by atoms with Crippen molar-refractivity contribution in [2.75, 3.05) is 0 Å². The molecule has 2 aromatic carbocycles. The van der Waals surface area contributed by atoms with Crippen LogP contribution < -0.4 is 0 Å². The van der Waals surface area contributed by atoms with Gasteiger partial charge in [-0.25, -0.2) is 4.79 Å². The van der Waals surface area contributed by atoms with Crippen LogP contribution in [-0.2, 0) is 14.3 Å². The minimum Gasteiger partial charge on any atom is -0.449 e. The molecule has 1 atom stereocenters. The lowest BCUT2D eigenvalue weighted by molar-refractivity contribution is -0.141. The van der Waals surface area contributed by atoms with Gasteiger partial charge in [0.1, 0.15) is 5.57 Å². The molecular weight excluding hydrogens is 360 g/mol. The molecule has 0 saturated carbocycles. The Hall–Kier alpha value is -2.68. The van der Waals surface area contributed by atoms with Crippen molar-refractivity contribution in [2.24, 2.45) is 10.8 Å². The van der Waals surface area contributed by atoms with Crippen molar-refractivity contribution in [1.82, 2.24) is 0 Å². The number of benzene rings is 2. The molecule has 2 aromatic rings. The SMILES string of the molecule is CC(C)(C)CC(C)(C)CC(=O)C1=C(c2ccccc2)C(c2ccccc2)OC1=O. The smallest absolute Gasteiger partial charge is 0.343 e. The molecule has 1 aliphatic rings. The summed E-state index contributed by atoms with van der Waals surface area (Å²) >= 11 is 0. The Kier molecular flexibility index (Phi) is 5.79. The number of Topliss-reactive ketones (excluding diaryl/α,β-unsaturated/α-hetero) is 1. The zero-order valence-corrected chi connectivity index (χ0v) is 18.0. The Balaban J connectivity index is 2.04. The zero-order chi connectivity index (χ0) is 21.2. The van der Waals surface area contributed by atoms with Crippen LogP contribution in [-0.4, -0.2) is 11.8 Å². The van der Waals surface area contributed by atoms with Gasteiger partial charge in [0.25, 0.3) is 0 Å². The number of rotatable bonds is 6. The molecule has 3 nitrogen and oxygen atoms in total. The van der Waals surface area contributed by atoms with Crippen molar-refractivity contribution in [3.63, 3.8) is 0 Å². The second-order valence-corrected chi connectivity index (χ2v) is 9.85. The summed E-state index contributed by atoms with van der Waals surface area (Å²) in [6.45, 7) is 10.7. The summed E-state index contributed by atoms with van der Waals surface area (Å²) in [6.07, 6.45) is 0.638. The lowest BCUT2D eigenvalue weighted by atomic mass is 9.73. The molecule has 1 aliphatic heterocycles. The van der Waals surface area contributed by atoms with E-state index in [0.717, 1.165) is 17.5 Å². The predicted octanol–water partition coefficient (Wildman–Crippen LogP) is 6.16. The maximum Gasteiger partial charge on any atom is 0.343 e. The van der Waals surface area contributed by atoms with E-state index in [1.54, 1.807) is 0 Å². The maximum atomic E-state index is 13.4. The van der Waals surface area contributed by atoms with Crippen LogP contribution in [0.1, 0.15) is 64.7 Å². The highest BCUT2D eigenvalue weighted by Crippen LogP contribution is 2.44. The third kappa shape index (κ3) is 5.03. The van der Waals surface area contributed by atoms with Gasteiger partial charge >= 0.3 is 5.97 Å². The molecule has 0 saturated heterocycles. The van der Waals surface area contributed by atoms with Crippen LogP contribution in [0.4, 0.5) is 0 Å². The second-order valence-electron chi connectivity index (χ2n) is 9.85. The van der Waals surface area contributed by atoms with Crippen LogP contribution in [0.3, 0.4) is 0 Å². The summed E-state index contributed by atoms with van der Waals surface area (Å²) in [7, 11) is 0. The van der Waals surface area contributed by atoms with Gasteiger partial charge < -0.3 is 4.74 Å². The summed E-state index contributed by atoms with van der Waals surface area (Å²) in [6, 6.07) is 19.2. The first kappa shape index (κ1) is 21.0. The van der Waals surface area contributed by atoms with Crippen molar-refractivity contribution in [3.05, 3.63) is 77.4 Å². The van der Waals surface area contributed by atoms with E-state index in [0.29, 0.717) is 12.0 Å². The Morgan fingerprint density at radius 1 is 0.897 bits per heavy atom. The van der Waals surface area contributed by atoms with Crippen molar-refractivity contribution >= 4 is 17.3 Å². The van der Waals surface area contributed by atoms with Crippen molar-refractivity contribution in [2.45, 2.75) is 53.6 Å². The van der Waals surface area contributed by atoms with Gasteiger partial charge in [0.2, 0.25) is 0 Å². The number of carbonyl (C=O) groups is 2. The van der Waals surface area contributed by atoms with Crippen LogP contribution in [0.25, 0.3) is 5.57 Å². The molecule has 1 heterocycles. The van der Waals surface area contributed by atoms with Crippen molar-refractivity contribution in [3.8, 4) is 0 Å². The molecule has 0 radical (unpaired) electrons. The maximum absolute atomic E-state index is 13.4. The number of ether oxygens (including phenoxy) is 1. The van der Waals surface area contributed by atoms with Gasteiger partial charge in [-0.05, 0) is 28.4 Å². The van der Waals surface area contributed by atoms with Gasteiger partial charge in [-0.2, -0.15) is 0 Å². The van der Waals surface area contributed by atoms with Crippen LogP contribution >= 0.6 is 0 Å². The first-order valence-corrected chi connectivity index (χ1v) is 10.2. The summed E-state index contributed by atoms with van der Waals surface area (Å²) in [4.78, 5) is 26.2. The zero-order valence-electron chi connectivity index (χ0n) is 18.0. The molecule has 0 fully saturated rings. The summed E-state index contributed by atoms with van der Waals surface area (Å²) in [5.41, 5.74) is 2.49. The molecule has 29 heavy (non-hydrogen) atoms. The number of cyclic esters (lactones) is 1. The number of ketones is 1. The van der Waals surface area contributed by atoms with Crippen LogP contribution in [0.5, 0.6) is 0 Å². The fourth-order valence-electron chi connectivity index (χ4n) is 4.53.